The first-order valence-electron chi connectivity index (χ1n) is 7.50. The Labute approximate surface area is 135 Å². The number of thioether (sulfide) groups is 1. The first-order valence-corrected chi connectivity index (χ1v) is 8.32. The van der Waals surface area contributed by atoms with Gasteiger partial charge in [0.2, 0.25) is 5.91 Å². The average Bonchev–Trinajstić information content (AvgIpc) is 3.29. The number of nitrogens with two attached hydrogens (primary N) is 1. The molecule has 0 radical (unpaired) electrons. The molecule has 0 spiro atoms. The first kappa shape index (κ1) is 15.1. The maximum atomic E-state index is 11.7. The van der Waals surface area contributed by atoms with E-state index < -0.39 is 6.04 Å². The molecule has 0 aromatic heterocycles. The first-order chi connectivity index (χ1) is 10.7. The molecular weight excluding hydrogens is 292 g/mol. The molecule has 1 aliphatic rings. The van der Waals surface area contributed by atoms with Crippen LogP contribution in [0.25, 0.3) is 0 Å². The fourth-order valence-electron chi connectivity index (χ4n) is 2.51. The third kappa shape index (κ3) is 3.70. The molecule has 3 rings (SSSR count). The van der Waals surface area contributed by atoms with E-state index in [1.165, 1.54) is 17.7 Å². The van der Waals surface area contributed by atoms with Crippen molar-refractivity contribution in [3.63, 3.8) is 0 Å². The molecule has 0 unspecified atom stereocenters. The Bertz CT molecular complexity index is 626. The highest BCUT2D eigenvalue weighted by Gasteiger charge is 2.44. The number of hydrogen-bond donors (Lipinski definition) is 2. The second-order valence-corrected chi connectivity index (χ2v) is 7.27. The van der Waals surface area contributed by atoms with Crippen molar-refractivity contribution >= 4 is 17.7 Å². The molecule has 3 N–H and O–H groups in total. The van der Waals surface area contributed by atoms with Crippen LogP contribution < -0.4 is 11.1 Å². The minimum absolute atomic E-state index is 0.198. The van der Waals surface area contributed by atoms with Crippen molar-refractivity contribution in [2.75, 3.05) is 6.54 Å². The molecule has 114 valence electrons. The van der Waals surface area contributed by atoms with Crippen LogP contribution in [0.1, 0.15) is 24.4 Å². The van der Waals surface area contributed by atoms with Crippen molar-refractivity contribution in [1.29, 1.82) is 0 Å². The van der Waals surface area contributed by atoms with E-state index in [1.807, 2.05) is 48.2 Å². The third-order valence-corrected chi connectivity index (χ3v) is 5.42. The number of rotatable bonds is 7. The molecule has 3 nitrogen and oxygen atoms in total. The lowest BCUT2D eigenvalue weighted by Crippen LogP contribution is -2.37. The Hall–Kier alpha value is -1.78. The smallest absolute Gasteiger partial charge is 0.239 e. The van der Waals surface area contributed by atoms with Gasteiger partial charge in [0.25, 0.3) is 0 Å². The van der Waals surface area contributed by atoms with Gasteiger partial charge in [-0.3, -0.25) is 4.79 Å². The van der Waals surface area contributed by atoms with Gasteiger partial charge in [0, 0.05) is 16.2 Å². The number of primary amides is 1. The summed E-state index contributed by atoms with van der Waals surface area (Å²) in [7, 11) is 0. The summed E-state index contributed by atoms with van der Waals surface area (Å²) in [6.45, 7) is 0.787. The van der Waals surface area contributed by atoms with Crippen LogP contribution in [0.2, 0.25) is 0 Å². The molecule has 4 heteroatoms. The molecule has 0 bridgehead atoms. The summed E-state index contributed by atoms with van der Waals surface area (Å²) in [5.74, 6) is -0.327. The molecule has 0 heterocycles. The lowest BCUT2D eigenvalue weighted by Gasteiger charge is -2.21. The van der Waals surface area contributed by atoms with Gasteiger partial charge in [-0.15, -0.1) is 11.8 Å². The van der Waals surface area contributed by atoms with Crippen molar-refractivity contribution in [3.8, 4) is 0 Å². The summed E-state index contributed by atoms with van der Waals surface area (Å²) in [5, 5.41) is 3.36. The van der Waals surface area contributed by atoms with Gasteiger partial charge >= 0.3 is 0 Å². The predicted molar refractivity (Wildman–Crippen MR) is 90.6 cm³/mol. The number of hydrogen-bond acceptors (Lipinski definition) is 3. The van der Waals surface area contributed by atoms with Crippen LogP contribution in [-0.4, -0.2) is 17.2 Å². The van der Waals surface area contributed by atoms with Gasteiger partial charge in [0.15, 0.2) is 0 Å². The van der Waals surface area contributed by atoms with E-state index in [4.69, 9.17) is 5.73 Å². The van der Waals surface area contributed by atoms with E-state index in [0.717, 1.165) is 12.1 Å². The SMILES string of the molecule is NC(=O)[C@@H](NCC1(Sc2ccccc2)CC1)c1ccccc1. The normalized spacial score (nSPS) is 16.9. The molecule has 0 saturated heterocycles. The molecule has 1 atom stereocenters. The Balaban J connectivity index is 1.64. The summed E-state index contributed by atoms with van der Waals surface area (Å²) in [5.41, 5.74) is 6.49. The predicted octanol–water partition coefficient (Wildman–Crippen LogP) is 3.13. The van der Waals surface area contributed by atoms with Crippen molar-refractivity contribution in [3.05, 3.63) is 66.2 Å². The van der Waals surface area contributed by atoms with Gasteiger partial charge in [-0.2, -0.15) is 0 Å². The van der Waals surface area contributed by atoms with Gasteiger partial charge in [0.05, 0.1) is 0 Å². The van der Waals surface area contributed by atoms with E-state index >= 15 is 0 Å². The van der Waals surface area contributed by atoms with Crippen LogP contribution in [0.3, 0.4) is 0 Å². The van der Waals surface area contributed by atoms with Crippen molar-refractivity contribution < 1.29 is 4.79 Å². The molecule has 0 aliphatic heterocycles. The lowest BCUT2D eigenvalue weighted by molar-refractivity contribution is -0.120. The zero-order valence-electron chi connectivity index (χ0n) is 12.4. The highest BCUT2D eigenvalue weighted by molar-refractivity contribution is 8.01. The summed E-state index contributed by atoms with van der Waals surface area (Å²) >= 11 is 1.89. The Morgan fingerprint density at radius 1 is 1.09 bits per heavy atom. The second kappa shape index (κ2) is 6.55. The fourth-order valence-corrected chi connectivity index (χ4v) is 3.76. The molecule has 2 aromatic rings. The van der Waals surface area contributed by atoms with Crippen LogP contribution in [0.15, 0.2) is 65.6 Å². The molecule has 1 amide bonds. The Kier molecular flexibility index (Phi) is 4.50. The fraction of sp³-hybridized carbons (Fsp3) is 0.278. The van der Waals surface area contributed by atoms with Gasteiger partial charge in [-0.1, -0.05) is 48.5 Å². The van der Waals surface area contributed by atoms with E-state index in [0.29, 0.717) is 0 Å². The van der Waals surface area contributed by atoms with E-state index in [9.17, 15) is 4.79 Å². The lowest BCUT2D eigenvalue weighted by atomic mass is 10.1. The van der Waals surface area contributed by atoms with Gasteiger partial charge < -0.3 is 11.1 Å². The Morgan fingerprint density at radius 3 is 2.23 bits per heavy atom. The Morgan fingerprint density at radius 2 is 1.68 bits per heavy atom. The highest BCUT2D eigenvalue weighted by atomic mass is 32.2. The van der Waals surface area contributed by atoms with Gasteiger partial charge in [0.1, 0.15) is 6.04 Å². The maximum absolute atomic E-state index is 11.7. The highest BCUT2D eigenvalue weighted by Crippen LogP contribution is 2.51. The summed E-state index contributed by atoms with van der Waals surface area (Å²) < 4.78 is 0.198. The minimum Gasteiger partial charge on any atom is -0.368 e. The minimum atomic E-state index is -0.421. The molecule has 1 fully saturated rings. The number of nitrogens with one attached hydrogen (secondary N) is 1. The zero-order valence-corrected chi connectivity index (χ0v) is 13.2. The van der Waals surface area contributed by atoms with Crippen molar-refractivity contribution in [1.82, 2.24) is 5.32 Å². The molecule has 2 aromatic carbocycles. The largest absolute Gasteiger partial charge is 0.368 e. The summed E-state index contributed by atoms with van der Waals surface area (Å²) in [4.78, 5) is 13.0. The number of amides is 1. The van der Waals surface area contributed by atoms with Crippen molar-refractivity contribution in [2.45, 2.75) is 28.5 Å². The summed E-state index contributed by atoms with van der Waals surface area (Å²) in [6, 6.07) is 19.7. The monoisotopic (exact) mass is 312 g/mol. The standard InChI is InChI=1S/C18H20N2OS/c19-17(21)16(14-7-3-1-4-8-14)20-13-18(11-12-18)22-15-9-5-2-6-10-15/h1-10,16,20H,11-13H2,(H2,19,21)/t16-/m0/s1. The van der Waals surface area contributed by atoms with Crippen LogP contribution >= 0.6 is 11.8 Å². The van der Waals surface area contributed by atoms with Crippen molar-refractivity contribution in [2.24, 2.45) is 5.73 Å². The molecule has 22 heavy (non-hydrogen) atoms. The average molecular weight is 312 g/mol. The number of carbonyl (C=O) groups excluding carboxylic acids is 1. The second-order valence-electron chi connectivity index (χ2n) is 5.73. The number of carbonyl (C=O) groups is 1. The third-order valence-electron chi connectivity index (χ3n) is 3.93. The quantitative estimate of drug-likeness (QED) is 0.826. The topological polar surface area (TPSA) is 55.1 Å². The van der Waals surface area contributed by atoms with Crippen LogP contribution in [0, 0.1) is 0 Å². The summed E-state index contributed by atoms with van der Waals surface area (Å²) in [6.07, 6.45) is 2.33. The molecule has 1 aliphatic carbocycles. The van der Waals surface area contributed by atoms with Crippen LogP contribution in [-0.2, 0) is 4.79 Å². The maximum Gasteiger partial charge on any atom is 0.239 e. The molecule has 1 saturated carbocycles. The zero-order chi connectivity index (χ0) is 15.4. The van der Waals surface area contributed by atoms with E-state index in [1.54, 1.807) is 0 Å². The van der Waals surface area contributed by atoms with Gasteiger partial charge in [-0.25, -0.2) is 0 Å². The van der Waals surface area contributed by atoms with Gasteiger partial charge in [-0.05, 0) is 30.5 Å². The number of benzene rings is 2. The van der Waals surface area contributed by atoms with Crippen LogP contribution in [0.5, 0.6) is 0 Å². The van der Waals surface area contributed by atoms with E-state index in [2.05, 4.69) is 29.6 Å². The van der Waals surface area contributed by atoms with Crippen LogP contribution in [0.4, 0.5) is 0 Å². The molecular formula is C18H20N2OS. The van der Waals surface area contributed by atoms with E-state index in [-0.39, 0.29) is 10.7 Å².